The van der Waals surface area contributed by atoms with Gasteiger partial charge in [-0.1, -0.05) is 20.8 Å². The van der Waals surface area contributed by atoms with Crippen LogP contribution in [-0.2, 0) is 0 Å². The fourth-order valence-electron chi connectivity index (χ4n) is 2.12. The number of amides is 1. The van der Waals surface area contributed by atoms with Crippen LogP contribution in [0.3, 0.4) is 0 Å². The van der Waals surface area contributed by atoms with E-state index in [-0.39, 0.29) is 5.56 Å². The van der Waals surface area contributed by atoms with Crippen LogP contribution in [0.4, 0.5) is 13.2 Å². The maximum atomic E-state index is 12.9. The van der Waals surface area contributed by atoms with Gasteiger partial charge in [0.15, 0.2) is 5.72 Å². The standard InChI is InChI=1S/C14H16F3N3O2/c1-12(2,3)13(22)8-10(14(15,16)17)19-20(13)11(21)9-4-6-18-7-5-9/h4-7,22H,8H2,1-3H3/t13-/m0/s1. The van der Waals surface area contributed by atoms with Crippen LogP contribution in [0.15, 0.2) is 29.6 Å². The molecule has 0 fully saturated rings. The topological polar surface area (TPSA) is 65.8 Å². The minimum Gasteiger partial charge on any atom is -0.368 e. The summed E-state index contributed by atoms with van der Waals surface area (Å²) >= 11 is 0. The number of alkyl halides is 3. The number of hydrogen-bond acceptors (Lipinski definition) is 4. The zero-order valence-electron chi connectivity index (χ0n) is 12.3. The molecule has 0 spiro atoms. The lowest BCUT2D eigenvalue weighted by Crippen LogP contribution is -2.55. The van der Waals surface area contributed by atoms with Gasteiger partial charge in [-0.3, -0.25) is 9.78 Å². The maximum absolute atomic E-state index is 12.9. The summed E-state index contributed by atoms with van der Waals surface area (Å²) in [7, 11) is 0. The summed E-state index contributed by atoms with van der Waals surface area (Å²) in [5, 5.41) is 14.6. The zero-order valence-corrected chi connectivity index (χ0v) is 12.3. The fraction of sp³-hybridized carbons (Fsp3) is 0.500. The summed E-state index contributed by atoms with van der Waals surface area (Å²) in [6.07, 6.45) is -2.79. The van der Waals surface area contributed by atoms with Crippen molar-refractivity contribution < 1.29 is 23.1 Å². The molecule has 1 aromatic heterocycles. The molecular formula is C14H16F3N3O2. The van der Waals surface area contributed by atoms with Gasteiger partial charge in [0.05, 0.1) is 0 Å². The van der Waals surface area contributed by atoms with E-state index in [4.69, 9.17) is 0 Å². The zero-order chi connectivity index (χ0) is 16.8. The van der Waals surface area contributed by atoms with Gasteiger partial charge < -0.3 is 5.11 Å². The molecule has 120 valence electrons. The van der Waals surface area contributed by atoms with E-state index < -0.39 is 35.4 Å². The largest absolute Gasteiger partial charge is 0.431 e. The number of pyridine rings is 1. The molecule has 0 aromatic carbocycles. The quantitative estimate of drug-likeness (QED) is 0.866. The van der Waals surface area contributed by atoms with Gasteiger partial charge in [-0.25, -0.2) is 0 Å². The summed E-state index contributed by atoms with van der Waals surface area (Å²) in [5.41, 5.74) is -4.15. The van der Waals surface area contributed by atoms with Crippen LogP contribution >= 0.6 is 0 Å². The van der Waals surface area contributed by atoms with Crippen molar-refractivity contribution in [3.63, 3.8) is 0 Å². The predicted octanol–water partition coefficient (Wildman–Crippen LogP) is 2.58. The molecule has 1 amide bonds. The SMILES string of the molecule is CC(C)(C)[C@@]1(O)CC(C(F)(F)F)=NN1C(=O)c1ccncc1. The van der Waals surface area contributed by atoms with E-state index in [1.807, 2.05) is 0 Å². The Balaban J connectivity index is 2.48. The predicted molar refractivity (Wildman–Crippen MR) is 72.9 cm³/mol. The van der Waals surface area contributed by atoms with Gasteiger partial charge in [0.1, 0.15) is 5.71 Å². The highest BCUT2D eigenvalue weighted by Crippen LogP contribution is 2.43. The molecule has 1 aromatic rings. The molecule has 2 rings (SSSR count). The molecule has 1 aliphatic heterocycles. The van der Waals surface area contributed by atoms with E-state index in [2.05, 4.69) is 10.1 Å². The Morgan fingerprint density at radius 2 is 1.82 bits per heavy atom. The first-order chi connectivity index (χ1) is 9.97. The molecule has 0 saturated heterocycles. The van der Waals surface area contributed by atoms with Gasteiger partial charge in [0, 0.05) is 29.8 Å². The number of carbonyl (C=O) groups excluding carboxylic acids is 1. The molecule has 0 bridgehead atoms. The smallest absolute Gasteiger partial charge is 0.368 e. The molecule has 1 atom stereocenters. The second kappa shape index (κ2) is 5.05. The first-order valence-electron chi connectivity index (χ1n) is 6.58. The molecule has 0 saturated carbocycles. The lowest BCUT2D eigenvalue weighted by atomic mass is 9.80. The Labute approximate surface area is 125 Å². The third-order valence-corrected chi connectivity index (χ3v) is 3.63. The molecule has 0 radical (unpaired) electrons. The molecule has 1 N–H and O–H groups in total. The van der Waals surface area contributed by atoms with Crippen LogP contribution < -0.4 is 0 Å². The van der Waals surface area contributed by atoms with Gasteiger partial charge in [-0.15, -0.1) is 0 Å². The number of nitrogens with zero attached hydrogens (tertiary/aromatic N) is 3. The van der Waals surface area contributed by atoms with E-state index in [1.54, 1.807) is 20.8 Å². The van der Waals surface area contributed by atoms with Crippen LogP contribution in [0.1, 0.15) is 37.6 Å². The second-order valence-electron chi connectivity index (χ2n) is 6.14. The fourth-order valence-corrected chi connectivity index (χ4v) is 2.12. The number of rotatable bonds is 1. The van der Waals surface area contributed by atoms with Gasteiger partial charge >= 0.3 is 6.18 Å². The van der Waals surface area contributed by atoms with Gasteiger partial charge in [-0.05, 0) is 12.1 Å². The van der Waals surface area contributed by atoms with Crippen molar-refractivity contribution in [1.29, 1.82) is 0 Å². The molecule has 0 aliphatic carbocycles. The van der Waals surface area contributed by atoms with Crippen LogP contribution in [0, 0.1) is 5.41 Å². The number of halogens is 3. The second-order valence-corrected chi connectivity index (χ2v) is 6.14. The first-order valence-corrected chi connectivity index (χ1v) is 6.58. The maximum Gasteiger partial charge on any atom is 0.431 e. The Bertz CT molecular complexity index is 608. The molecular weight excluding hydrogens is 299 g/mol. The van der Waals surface area contributed by atoms with E-state index in [9.17, 15) is 23.1 Å². The summed E-state index contributed by atoms with van der Waals surface area (Å²) in [4.78, 5) is 16.2. The van der Waals surface area contributed by atoms with Crippen molar-refractivity contribution >= 4 is 11.6 Å². The van der Waals surface area contributed by atoms with Crippen molar-refractivity contribution in [3.05, 3.63) is 30.1 Å². The number of aromatic nitrogens is 1. The Kier molecular flexibility index (Phi) is 3.76. The van der Waals surface area contributed by atoms with Crippen molar-refractivity contribution in [2.75, 3.05) is 0 Å². The lowest BCUT2D eigenvalue weighted by Gasteiger charge is -2.41. The van der Waals surface area contributed by atoms with Crippen molar-refractivity contribution in [1.82, 2.24) is 9.99 Å². The summed E-state index contributed by atoms with van der Waals surface area (Å²) in [5.74, 6) is -0.806. The molecule has 1 aliphatic rings. The molecule has 5 nitrogen and oxygen atoms in total. The van der Waals surface area contributed by atoms with Crippen LogP contribution in [-0.4, -0.2) is 38.6 Å². The Morgan fingerprint density at radius 3 is 2.27 bits per heavy atom. The Hall–Kier alpha value is -1.96. The Morgan fingerprint density at radius 1 is 1.27 bits per heavy atom. The van der Waals surface area contributed by atoms with Gasteiger partial charge in [0.2, 0.25) is 0 Å². The first kappa shape index (κ1) is 16.4. The monoisotopic (exact) mass is 315 g/mol. The molecule has 0 unspecified atom stereocenters. The molecule has 2 heterocycles. The van der Waals surface area contributed by atoms with Crippen molar-refractivity contribution in [2.24, 2.45) is 10.5 Å². The highest BCUT2D eigenvalue weighted by Gasteiger charge is 2.57. The summed E-state index contributed by atoms with van der Waals surface area (Å²) in [6, 6.07) is 2.71. The van der Waals surface area contributed by atoms with E-state index >= 15 is 0 Å². The van der Waals surface area contributed by atoms with Crippen LogP contribution in [0.2, 0.25) is 0 Å². The number of carbonyl (C=O) groups is 1. The van der Waals surface area contributed by atoms with Crippen LogP contribution in [0.25, 0.3) is 0 Å². The number of hydrazone groups is 1. The molecule has 22 heavy (non-hydrogen) atoms. The van der Waals surface area contributed by atoms with E-state index in [1.165, 1.54) is 24.5 Å². The minimum atomic E-state index is -4.70. The minimum absolute atomic E-state index is 0.102. The third-order valence-electron chi connectivity index (χ3n) is 3.63. The summed E-state index contributed by atoms with van der Waals surface area (Å²) < 4.78 is 38.8. The third kappa shape index (κ3) is 2.70. The average molecular weight is 315 g/mol. The normalized spacial score (nSPS) is 22.7. The lowest BCUT2D eigenvalue weighted by molar-refractivity contribution is -0.144. The van der Waals surface area contributed by atoms with Gasteiger partial charge in [-0.2, -0.15) is 23.3 Å². The van der Waals surface area contributed by atoms with E-state index in [0.717, 1.165) is 0 Å². The van der Waals surface area contributed by atoms with E-state index in [0.29, 0.717) is 5.01 Å². The van der Waals surface area contributed by atoms with Crippen molar-refractivity contribution in [3.8, 4) is 0 Å². The highest BCUT2D eigenvalue weighted by molar-refractivity contribution is 5.99. The average Bonchev–Trinajstić information content (AvgIpc) is 2.78. The number of aliphatic hydroxyl groups is 1. The molecule has 8 heteroatoms. The van der Waals surface area contributed by atoms with Crippen LogP contribution in [0.5, 0.6) is 0 Å². The summed E-state index contributed by atoms with van der Waals surface area (Å²) in [6.45, 7) is 4.65. The van der Waals surface area contributed by atoms with Gasteiger partial charge in [0.25, 0.3) is 5.91 Å². The van der Waals surface area contributed by atoms with Crippen molar-refractivity contribution in [2.45, 2.75) is 39.1 Å². The highest BCUT2D eigenvalue weighted by atomic mass is 19.4. The number of hydrogen-bond donors (Lipinski definition) is 1.